The van der Waals surface area contributed by atoms with Gasteiger partial charge < -0.3 is 5.73 Å². The fraction of sp³-hybridized carbons (Fsp3) is 0.308. The molecule has 0 fully saturated rings. The maximum absolute atomic E-state index is 14.5. The molecule has 1 heterocycles. The molecule has 0 radical (unpaired) electrons. The Morgan fingerprint density at radius 3 is 2.37 bits per heavy atom. The Bertz CT molecular complexity index is 1030. The minimum atomic E-state index is -4.95. The summed E-state index contributed by atoms with van der Waals surface area (Å²) >= 11 is 4.77. The van der Waals surface area contributed by atoms with Crippen molar-refractivity contribution < 1.29 is 26.0 Å². The highest BCUT2D eigenvalue weighted by molar-refractivity contribution is 7.80. The van der Waals surface area contributed by atoms with Crippen molar-refractivity contribution in [3.05, 3.63) is 39.8 Å². The van der Waals surface area contributed by atoms with E-state index >= 15 is 0 Å². The first-order valence-electron chi connectivity index (χ1n) is 7.18. The monoisotopic (exact) mass is 427 g/mol. The molecule has 0 spiro atoms. The molecule has 0 bridgehead atoms. The third kappa shape index (κ3) is 3.80. The van der Waals surface area contributed by atoms with Crippen LogP contribution in [0, 0.1) is 5.82 Å². The largest absolute Gasteiger partial charge is 0.451 e. The van der Waals surface area contributed by atoms with E-state index in [4.69, 9.17) is 18.0 Å². The summed E-state index contributed by atoms with van der Waals surface area (Å²) in [6, 6.07) is 1.59. The van der Waals surface area contributed by atoms with Gasteiger partial charge in [0.25, 0.3) is 0 Å². The number of halogens is 4. The van der Waals surface area contributed by atoms with Gasteiger partial charge in [0.1, 0.15) is 16.5 Å². The van der Waals surface area contributed by atoms with Gasteiger partial charge in [-0.25, -0.2) is 17.6 Å². The van der Waals surface area contributed by atoms with E-state index in [1.807, 2.05) is 0 Å². The molecule has 2 N–H and O–H groups in total. The molecule has 0 amide bonds. The highest BCUT2D eigenvalue weighted by Gasteiger charge is 2.38. The number of aromatic nitrogens is 3. The number of rotatable bonds is 5. The fourth-order valence-corrected chi connectivity index (χ4v) is 3.07. The lowest BCUT2D eigenvalue weighted by Crippen LogP contribution is -2.27. The molecular formula is C13H13F4N5O3S2. The topological polar surface area (TPSA) is 103 Å². The van der Waals surface area contributed by atoms with Crippen molar-refractivity contribution in [1.29, 1.82) is 0 Å². The van der Waals surface area contributed by atoms with Gasteiger partial charge in [0.05, 0.1) is 5.69 Å². The molecule has 0 aliphatic carbocycles. The zero-order valence-corrected chi connectivity index (χ0v) is 15.5. The number of hydrogen-bond acceptors (Lipinski definition) is 5. The molecule has 148 valence electrons. The second kappa shape index (κ2) is 7.26. The lowest BCUT2D eigenvalue weighted by molar-refractivity contribution is -0.147. The van der Waals surface area contributed by atoms with Gasteiger partial charge in [-0.2, -0.15) is 17.9 Å². The van der Waals surface area contributed by atoms with Crippen molar-refractivity contribution >= 4 is 33.8 Å². The van der Waals surface area contributed by atoms with E-state index in [1.54, 1.807) is 0 Å². The molecule has 0 unspecified atom stereocenters. The van der Waals surface area contributed by atoms with Crippen LogP contribution in [-0.2, 0) is 24.1 Å². The second-order valence-electron chi connectivity index (χ2n) is 5.21. The maximum atomic E-state index is 14.5. The molecule has 1 aromatic heterocycles. The van der Waals surface area contributed by atoms with Gasteiger partial charge in [0.15, 0.2) is 0 Å². The highest BCUT2D eigenvalue weighted by atomic mass is 32.2. The molecule has 2 rings (SSSR count). The summed E-state index contributed by atoms with van der Waals surface area (Å²) in [5.41, 5.74) is 3.18. The van der Waals surface area contributed by atoms with Gasteiger partial charge in [-0.3, -0.25) is 8.87 Å². The quantitative estimate of drug-likeness (QED) is 0.414. The van der Waals surface area contributed by atoms with Gasteiger partial charge in [-0.15, -0.1) is 5.10 Å². The van der Waals surface area contributed by atoms with Crippen molar-refractivity contribution in [2.24, 2.45) is 12.8 Å². The van der Waals surface area contributed by atoms with E-state index in [1.165, 1.54) is 6.92 Å². The molecule has 0 saturated heterocycles. The van der Waals surface area contributed by atoms with Crippen molar-refractivity contribution in [1.82, 2.24) is 14.3 Å². The SMILES string of the molecule is CCN(c1cc(-n2nc(C(F)(F)F)n(C)c2=O)c(F)cc1C(N)=S)[SH](=O)=O. The number of benzene rings is 1. The minimum absolute atomic E-state index is 0.0929. The predicted octanol–water partition coefficient (Wildman–Crippen LogP) is 0.716. The minimum Gasteiger partial charge on any atom is -0.389 e. The van der Waals surface area contributed by atoms with Gasteiger partial charge in [0.2, 0.25) is 16.7 Å². The zero-order valence-electron chi connectivity index (χ0n) is 13.8. The number of alkyl halides is 3. The van der Waals surface area contributed by atoms with E-state index < -0.39 is 40.1 Å². The summed E-state index contributed by atoms with van der Waals surface area (Å²) in [5.74, 6) is -2.71. The first-order valence-corrected chi connectivity index (χ1v) is 8.72. The summed E-state index contributed by atoms with van der Waals surface area (Å²) < 4.78 is 77.4. The molecular weight excluding hydrogens is 414 g/mol. The predicted molar refractivity (Wildman–Crippen MR) is 93.0 cm³/mol. The number of hydrogen-bond donors (Lipinski definition) is 2. The first kappa shape index (κ1) is 20.8. The van der Waals surface area contributed by atoms with Crippen LogP contribution in [-0.4, -0.2) is 34.3 Å². The Balaban J connectivity index is 2.84. The average Bonchev–Trinajstić information content (AvgIpc) is 2.84. The van der Waals surface area contributed by atoms with E-state index in [2.05, 4.69) is 5.10 Å². The first-order chi connectivity index (χ1) is 12.4. The van der Waals surface area contributed by atoms with Crippen LogP contribution in [0.3, 0.4) is 0 Å². The van der Waals surface area contributed by atoms with Crippen LogP contribution < -0.4 is 15.7 Å². The molecule has 0 aliphatic rings. The normalized spacial score (nSPS) is 11.8. The Kier molecular flexibility index (Phi) is 5.60. The Hall–Kier alpha value is -2.48. The number of nitrogens with two attached hydrogens (primary N) is 1. The van der Waals surface area contributed by atoms with Crippen LogP contribution >= 0.6 is 12.2 Å². The maximum Gasteiger partial charge on any atom is 0.451 e. The van der Waals surface area contributed by atoms with Gasteiger partial charge in [-0.1, -0.05) is 12.2 Å². The summed E-state index contributed by atoms with van der Waals surface area (Å²) in [6.45, 7) is 1.37. The van der Waals surface area contributed by atoms with E-state index in [0.29, 0.717) is 0 Å². The standard InChI is InChI=1S/C13H13F4N5O3S2/c1-3-21(27(24)25)8-5-9(7(14)4-6(8)10(18)26)22-12(23)20(2)11(19-22)13(15,16)17/h4-5,27H,3H2,1-2H3,(H2,18,26). The molecule has 0 atom stereocenters. The van der Waals surface area contributed by atoms with Crippen LogP contribution in [0.2, 0.25) is 0 Å². The summed E-state index contributed by atoms with van der Waals surface area (Å²) in [5, 5.41) is 3.13. The van der Waals surface area contributed by atoms with Crippen molar-refractivity contribution in [3.8, 4) is 5.69 Å². The number of thiocarbonyl (C=S) groups is 1. The zero-order chi connectivity index (χ0) is 20.7. The lowest BCUT2D eigenvalue weighted by atomic mass is 10.1. The Labute approximate surface area is 156 Å². The summed E-state index contributed by atoms with van der Waals surface area (Å²) in [6.07, 6.45) is -4.95. The Morgan fingerprint density at radius 1 is 1.37 bits per heavy atom. The second-order valence-corrected chi connectivity index (χ2v) is 6.61. The molecule has 8 nitrogen and oxygen atoms in total. The summed E-state index contributed by atoms with van der Waals surface area (Å²) in [7, 11) is -2.37. The fourth-order valence-electron chi connectivity index (χ4n) is 2.34. The van der Waals surface area contributed by atoms with Gasteiger partial charge in [-0.05, 0) is 19.1 Å². The van der Waals surface area contributed by atoms with Crippen molar-refractivity contribution in [2.75, 3.05) is 10.8 Å². The molecule has 1 aromatic carbocycles. The number of anilines is 1. The number of nitrogens with zero attached hydrogens (tertiary/aromatic N) is 4. The average molecular weight is 427 g/mol. The van der Waals surface area contributed by atoms with Gasteiger partial charge >= 0.3 is 11.9 Å². The molecule has 0 aliphatic heterocycles. The molecule has 0 saturated carbocycles. The third-order valence-electron chi connectivity index (χ3n) is 3.57. The third-order valence-corrected chi connectivity index (χ3v) is 4.68. The van der Waals surface area contributed by atoms with E-state index in [9.17, 15) is 30.8 Å². The summed E-state index contributed by atoms with van der Waals surface area (Å²) in [4.78, 5) is 11.8. The van der Waals surface area contributed by atoms with Crippen LogP contribution in [0.4, 0.5) is 23.2 Å². The van der Waals surface area contributed by atoms with E-state index in [-0.39, 0.29) is 32.0 Å². The highest BCUT2D eigenvalue weighted by Crippen LogP contribution is 2.29. The molecule has 2 aromatic rings. The van der Waals surface area contributed by atoms with Crippen LogP contribution in [0.25, 0.3) is 5.69 Å². The molecule has 27 heavy (non-hydrogen) atoms. The van der Waals surface area contributed by atoms with Crippen molar-refractivity contribution in [3.63, 3.8) is 0 Å². The number of thiol groups is 1. The van der Waals surface area contributed by atoms with Gasteiger partial charge in [0, 0.05) is 19.2 Å². The van der Waals surface area contributed by atoms with Crippen LogP contribution in [0.15, 0.2) is 16.9 Å². The molecule has 14 heteroatoms. The smallest absolute Gasteiger partial charge is 0.389 e. The van der Waals surface area contributed by atoms with Crippen LogP contribution in [0.5, 0.6) is 0 Å². The Morgan fingerprint density at radius 2 is 1.96 bits per heavy atom. The van der Waals surface area contributed by atoms with Crippen LogP contribution in [0.1, 0.15) is 18.3 Å². The van der Waals surface area contributed by atoms with E-state index in [0.717, 1.165) is 23.5 Å². The van der Waals surface area contributed by atoms with Crippen molar-refractivity contribution in [2.45, 2.75) is 13.1 Å². The lowest BCUT2D eigenvalue weighted by Gasteiger charge is -2.20.